The molecule has 7 nitrogen and oxygen atoms in total. The summed E-state index contributed by atoms with van der Waals surface area (Å²) in [6.07, 6.45) is -0.0324. The maximum Gasteiger partial charge on any atom is 0.286 e. The Kier molecular flexibility index (Phi) is 5.44. The first-order valence-corrected chi connectivity index (χ1v) is 10.2. The number of rotatable bonds is 6. The fourth-order valence-corrected chi connectivity index (χ4v) is 4.20. The van der Waals surface area contributed by atoms with Crippen LogP contribution in [0.4, 0.5) is 4.79 Å². The van der Waals surface area contributed by atoms with E-state index in [-0.39, 0.29) is 23.7 Å². The number of nitrogens with zero attached hydrogens (tertiary/aromatic N) is 1. The fourth-order valence-electron chi connectivity index (χ4n) is 3.34. The quantitative estimate of drug-likeness (QED) is 0.785. The molecule has 3 amide bonds. The molecule has 2 heterocycles. The van der Waals surface area contributed by atoms with Crippen molar-refractivity contribution in [1.82, 2.24) is 10.2 Å². The van der Waals surface area contributed by atoms with Crippen LogP contribution in [-0.2, 0) is 11.2 Å². The Bertz CT molecular complexity index is 946. The molecule has 1 saturated heterocycles. The summed E-state index contributed by atoms with van der Waals surface area (Å²) in [7, 11) is 0. The summed E-state index contributed by atoms with van der Waals surface area (Å²) in [6.45, 7) is 2.61. The van der Waals surface area contributed by atoms with Crippen LogP contribution in [0.5, 0.6) is 11.5 Å². The molecule has 0 saturated carbocycles. The highest BCUT2D eigenvalue weighted by Gasteiger charge is 2.33. The van der Waals surface area contributed by atoms with Crippen molar-refractivity contribution in [2.24, 2.45) is 0 Å². The second-order valence-corrected chi connectivity index (χ2v) is 7.88. The molecule has 29 heavy (non-hydrogen) atoms. The second-order valence-electron chi connectivity index (χ2n) is 6.70. The molecule has 1 fully saturated rings. The van der Waals surface area contributed by atoms with Gasteiger partial charge in [-0.3, -0.25) is 19.7 Å². The molecule has 2 aliphatic heterocycles. The van der Waals surface area contributed by atoms with E-state index in [1.807, 2.05) is 43.3 Å². The number of imide groups is 1. The van der Waals surface area contributed by atoms with Gasteiger partial charge in [0.1, 0.15) is 18.1 Å². The molecule has 4 rings (SSSR count). The van der Waals surface area contributed by atoms with Crippen LogP contribution in [0.1, 0.15) is 22.8 Å². The standard InChI is InChI=1S/C21H20N2O5S/c1-2-23-18(28-16-6-4-3-5-15(16)20(23)25)12-27-14-9-7-13(8-10-14)11-17-19(24)22-21(26)29-17/h3-10,17-18H,2,11-12H2,1H3,(H,22,24,26). The maximum absolute atomic E-state index is 12.7. The summed E-state index contributed by atoms with van der Waals surface area (Å²) in [5.41, 5.74) is 1.50. The highest BCUT2D eigenvalue weighted by atomic mass is 32.2. The fraction of sp³-hybridized carbons (Fsp3) is 0.286. The van der Waals surface area contributed by atoms with Gasteiger partial charge < -0.3 is 14.4 Å². The van der Waals surface area contributed by atoms with E-state index in [4.69, 9.17) is 9.47 Å². The number of carbonyl (C=O) groups excluding carboxylic acids is 3. The van der Waals surface area contributed by atoms with Gasteiger partial charge in [0.15, 0.2) is 0 Å². The molecule has 1 N–H and O–H groups in total. The van der Waals surface area contributed by atoms with Gasteiger partial charge in [-0.25, -0.2) is 0 Å². The average molecular weight is 412 g/mol. The molecular weight excluding hydrogens is 392 g/mol. The summed E-state index contributed by atoms with van der Waals surface area (Å²) in [5.74, 6) is 0.881. The van der Waals surface area contributed by atoms with E-state index in [9.17, 15) is 14.4 Å². The zero-order valence-electron chi connectivity index (χ0n) is 15.8. The minimum Gasteiger partial charge on any atom is -0.488 e. The van der Waals surface area contributed by atoms with Gasteiger partial charge in [-0.15, -0.1) is 0 Å². The number of ether oxygens (including phenoxy) is 2. The summed E-state index contributed by atoms with van der Waals surface area (Å²) in [4.78, 5) is 37.3. The maximum atomic E-state index is 12.7. The zero-order valence-corrected chi connectivity index (χ0v) is 16.6. The second kappa shape index (κ2) is 8.16. The lowest BCUT2D eigenvalue weighted by Gasteiger charge is -2.35. The molecule has 2 unspecified atom stereocenters. The number of amides is 3. The molecule has 150 valence electrons. The van der Waals surface area contributed by atoms with Crippen molar-refractivity contribution in [3.05, 3.63) is 59.7 Å². The van der Waals surface area contributed by atoms with Crippen molar-refractivity contribution in [3.63, 3.8) is 0 Å². The first-order valence-electron chi connectivity index (χ1n) is 9.35. The summed E-state index contributed by atoms with van der Waals surface area (Å²) >= 11 is 1.01. The summed E-state index contributed by atoms with van der Waals surface area (Å²) < 4.78 is 11.8. The number of nitrogens with one attached hydrogen (secondary N) is 1. The highest BCUT2D eigenvalue weighted by molar-refractivity contribution is 8.15. The van der Waals surface area contributed by atoms with E-state index >= 15 is 0 Å². The molecule has 0 aliphatic carbocycles. The third-order valence-corrected chi connectivity index (χ3v) is 5.82. The predicted molar refractivity (Wildman–Crippen MR) is 108 cm³/mol. The van der Waals surface area contributed by atoms with E-state index in [2.05, 4.69) is 5.32 Å². The van der Waals surface area contributed by atoms with Gasteiger partial charge >= 0.3 is 0 Å². The smallest absolute Gasteiger partial charge is 0.286 e. The Labute approximate surface area is 172 Å². The highest BCUT2D eigenvalue weighted by Crippen LogP contribution is 2.28. The SMILES string of the molecule is CCN1C(=O)c2ccccc2OC1COc1ccc(CC2SC(=O)NC2=O)cc1. The Morgan fingerprint density at radius 3 is 2.55 bits per heavy atom. The van der Waals surface area contributed by atoms with Crippen LogP contribution in [0.2, 0.25) is 0 Å². The third-order valence-electron chi connectivity index (χ3n) is 4.83. The van der Waals surface area contributed by atoms with E-state index < -0.39 is 11.5 Å². The Morgan fingerprint density at radius 2 is 1.86 bits per heavy atom. The minimum absolute atomic E-state index is 0.0693. The zero-order chi connectivity index (χ0) is 20.4. The molecule has 2 aromatic carbocycles. The van der Waals surface area contributed by atoms with E-state index in [1.165, 1.54) is 0 Å². The Morgan fingerprint density at radius 1 is 1.10 bits per heavy atom. The number of hydrogen-bond donors (Lipinski definition) is 1. The van der Waals surface area contributed by atoms with Crippen molar-refractivity contribution in [3.8, 4) is 11.5 Å². The minimum atomic E-state index is -0.508. The van der Waals surface area contributed by atoms with Gasteiger partial charge in [0, 0.05) is 6.54 Å². The van der Waals surface area contributed by atoms with Gasteiger partial charge in [0.25, 0.3) is 11.1 Å². The molecule has 0 bridgehead atoms. The first kappa shape index (κ1) is 19.3. The predicted octanol–water partition coefficient (Wildman–Crippen LogP) is 2.84. The van der Waals surface area contributed by atoms with E-state index in [0.717, 1.165) is 17.3 Å². The Hall–Kier alpha value is -3.00. The molecule has 2 atom stereocenters. The van der Waals surface area contributed by atoms with Crippen LogP contribution < -0.4 is 14.8 Å². The van der Waals surface area contributed by atoms with Crippen molar-refractivity contribution in [2.75, 3.05) is 13.2 Å². The Balaban J connectivity index is 1.38. The number of carbonyl (C=O) groups is 3. The number of fused-ring (bicyclic) bond motifs is 1. The van der Waals surface area contributed by atoms with Crippen LogP contribution in [-0.4, -0.2) is 46.6 Å². The first-order chi connectivity index (χ1) is 14.0. The molecular formula is C21H20N2O5S. The lowest BCUT2D eigenvalue weighted by Crippen LogP contribution is -2.50. The van der Waals surface area contributed by atoms with Crippen LogP contribution >= 0.6 is 11.8 Å². The van der Waals surface area contributed by atoms with Crippen molar-refractivity contribution < 1.29 is 23.9 Å². The lowest BCUT2D eigenvalue weighted by molar-refractivity contribution is -0.118. The topological polar surface area (TPSA) is 84.9 Å². The monoisotopic (exact) mass is 412 g/mol. The van der Waals surface area contributed by atoms with Crippen molar-refractivity contribution >= 4 is 28.8 Å². The van der Waals surface area contributed by atoms with Gasteiger partial charge in [-0.1, -0.05) is 36.0 Å². The molecule has 0 radical (unpaired) electrons. The van der Waals surface area contributed by atoms with Crippen molar-refractivity contribution in [1.29, 1.82) is 0 Å². The molecule has 2 aliphatic rings. The number of benzene rings is 2. The van der Waals surface area contributed by atoms with Gasteiger partial charge in [-0.05, 0) is 43.2 Å². The normalized spacial score (nSPS) is 20.9. The summed E-state index contributed by atoms with van der Waals surface area (Å²) in [5, 5.41) is 1.59. The van der Waals surface area contributed by atoms with Crippen LogP contribution in [0.3, 0.4) is 0 Å². The van der Waals surface area contributed by atoms with Crippen LogP contribution in [0, 0.1) is 0 Å². The van der Waals surface area contributed by atoms with E-state index in [0.29, 0.717) is 30.0 Å². The number of likely N-dealkylation sites (N-methyl/N-ethyl adjacent to an activating group) is 1. The number of hydrogen-bond acceptors (Lipinski definition) is 6. The van der Waals surface area contributed by atoms with Crippen LogP contribution in [0.15, 0.2) is 48.5 Å². The third kappa shape index (κ3) is 4.07. The molecule has 0 aromatic heterocycles. The average Bonchev–Trinajstić information content (AvgIpc) is 3.04. The number of thioether (sulfide) groups is 1. The van der Waals surface area contributed by atoms with Gasteiger partial charge in [0.05, 0.1) is 10.8 Å². The van der Waals surface area contributed by atoms with E-state index in [1.54, 1.807) is 17.0 Å². The van der Waals surface area contributed by atoms with Gasteiger partial charge in [-0.2, -0.15) is 0 Å². The van der Waals surface area contributed by atoms with Crippen LogP contribution in [0.25, 0.3) is 0 Å². The molecule has 0 spiro atoms. The van der Waals surface area contributed by atoms with Crippen molar-refractivity contribution in [2.45, 2.75) is 24.8 Å². The molecule has 2 aromatic rings. The molecule has 8 heteroatoms. The number of para-hydroxylation sites is 1. The largest absolute Gasteiger partial charge is 0.488 e. The summed E-state index contributed by atoms with van der Waals surface area (Å²) in [6, 6.07) is 14.5. The lowest BCUT2D eigenvalue weighted by atomic mass is 10.1. The van der Waals surface area contributed by atoms with Gasteiger partial charge in [0.2, 0.25) is 12.1 Å².